The van der Waals surface area contributed by atoms with E-state index in [2.05, 4.69) is 9.97 Å². The summed E-state index contributed by atoms with van der Waals surface area (Å²) in [6.45, 7) is 2.93. The number of hydrogen-bond donors (Lipinski definition) is 1. The number of fused-ring (bicyclic) bond motifs is 1. The van der Waals surface area contributed by atoms with E-state index in [4.69, 9.17) is 24.7 Å². The Hall–Kier alpha value is -2.99. The van der Waals surface area contributed by atoms with Crippen LogP contribution in [-0.4, -0.2) is 57.5 Å². The van der Waals surface area contributed by atoms with Crippen molar-refractivity contribution in [2.24, 2.45) is 0 Å². The highest BCUT2D eigenvalue weighted by Crippen LogP contribution is 2.09. The number of anilines is 1. The summed E-state index contributed by atoms with van der Waals surface area (Å²) in [7, 11) is 0. The summed E-state index contributed by atoms with van der Waals surface area (Å²) in [5.41, 5.74) is 5.51. The van der Waals surface area contributed by atoms with Crippen LogP contribution in [0.25, 0.3) is 11.2 Å². The molecule has 0 radical (unpaired) electrons. The van der Waals surface area contributed by atoms with E-state index in [0.29, 0.717) is 0 Å². The maximum absolute atomic E-state index is 12.5. The van der Waals surface area contributed by atoms with E-state index in [-0.39, 0.29) is 57.0 Å². The number of nitrogen functional groups attached to an aromatic ring is 1. The Bertz CT molecular complexity index is 860. The monoisotopic (exact) mass is 383 g/mol. The molecular formula is C15H21N5O7. The number of imidazole rings is 1. The van der Waals surface area contributed by atoms with Crippen molar-refractivity contribution in [2.45, 2.75) is 27.3 Å². The Labute approximate surface area is 153 Å². The standard InChI is InChI=1S/C15H21N5O7/c1-3-26-10(21)5-24-8-19-7-17-12-13(19)18-15(16)20(14(12)23)9-25-6-11(22)27-4-2/h7H,3-6,8-9H2,1-2H3,(H2,16,18). The van der Waals surface area contributed by atoms with Crippen LogP contribution < -0.4 is 11.3 Å². The molecule has 27 heavy (non-hydrogen) atoms. The fourth-order valence-corrected chi connectivity index (χ4v) is 2.12. The van der Waals surface area contributed by atoms with Crippen LogP contribution >= 0.6 is 0 Å². The molecule has 0 amide bonds. The Kier molecular flexibility index (Phi) is 7.25. The topological polar surface area (TPSA) is 150 Å². The number of esters is 2. The predicted octanol–water partition coefficient (Wildman–Crippen LogP) is -0.750. The molecule has 0 spiro atoms. The first-order valence-corrected chi connectivity index (χ1v) is 8.15. The van der Waals surface area contributed by atoms with Gasteiger partial charge in [-0.1, -0.05) is 0 Å². The fraction of sp³-hybridized carbons (Fsp3) is 0.533. The Balaban J connectivity index is 2.07. The first-order valence-electron chi connectivity index (χ1n) is 8.15. The highest BCUT2D eigenvalue weighted by atomic mass is 16.6. The summed E-state index contributed by atoms with van der Waals surface area (Å²) in [5.74, 6) is -1.18. The summed E-state index contributed by atoms with van der Waals surface area (Å²) in [6, 6.07) is 0. The molecule has 0 bridgehead atoms. The number of carbonyl (C=O) groups excluding carboxylic acids is 2. The predicted molar refractivity (Wildman–Crippen MR) is 91.4 cm³/mol. The second kappa shape index (κ2) is 9.64. The lowest BCUT2D eigenvalue weighted by atomic mass is 10.5. The fourth-order valence-electron chi connectivity index (χ4n) is 2.12. The van der Waals surface area contributed by atoms with Gasteiger partial charge in [-0.3, -0.25) is 13.9 Å². The van der Waals surface area contributed by atoms with Crippen LogP contribution in [0.2, 0.25) is 0 Å². The third kappa shape index (κ3) is 5.24. The molecule has 0 aliphatic carbocycles. The number of nitrogens with two attached hydrogens (primary N) is 1. The van der Waals surface area contributed by atoms with Crippen molar-refractivity contribution < 1.29 is 28.5 Å². The number of carbonyl (C=O) groups is 2. The number of aromatic nitrogens is 4. The van der Waals surface area contributed by atoms with Gasteiger partial charge in [-0.2, -0.15) is 4.98 Å². The van der Waals surface area contributed by atoms with Gasteiger partial charge in [0.25, 0.3) is 5.56 Å². The van der Waals surface area contributed by atoms with Crippen LogP contribution in [0, 0.1) is 0 Å². The Morgan fingerprint density at radius 1 is 1.07 bits per heavy atom. The number of hydrogen-bond acceptors (Lipinski definition) is 10. The number of nitrogens with zero attached hydrogens (tertiary/aromatic N) is 4. The van der Waals surface area contributed by atoms with E-state index in [0.717, 1.165) is 4.57 Å². The van der Waals surface area contributed by atoms with Crippen LogP contribution in [0.3, 0.4) is 0 Å². The zero-order chi connectivity index (χ0) is 19.8. The third-order valence-corrected chi connectivity index (χ3v) is 3.26. The summed E-state index contributed by atoms with van der Waals surface area (Å²) in [4.78, 5) is 43.1. The Morgan fingerprint density at radius 3 is 2.26 bits per heavy atom. The highest BCUT2D eigenvalue weighted by molar-refractivity contribution is 5.71. The van der Waals surface area contributed by atoms with E-state index in [1.807, 2.05) is 0 Å². The van der Waals surface area contributed by atoms with Gasteiger partial charge in [-0.05, 0) is 13.8 Å². The molecule has 0 atom stereocenters. The molecule has 0 aliphatic heterocycles. The van der Waals surface area contributed by atoms with Gasteiger partial charge in [-0.25, -0.2) is 14.6 Å². The van der Waals surface area contributed by atoms with E-state index >= 15 is 0 Å². The van der Waals surface area contributed by atoms with E-state index < -0.39 is 17.5 Å². The normalized spacial score (nSPS) is 10.9. The number of ether oxygens (including phenoxy) is 4. The average Bonchev–Trinajstić information content (AvgIpc) is 3.01. The summed E-state index contributed by atoms with van der Waals surface area (Å²) in [6.07, 6.45) is 1.34. The first kappa shape index (κ1) is 20.3. The van der Waals surface area contributed by atoms with Crippen molar-refractivity contribution >= 4 is 29.1 Å². The first-order chi connectivity index (χ1) is 13.0. The molecule has 0 fully saturated rings. The van der Waals surface area contributed by atoms with Crippen molar-refractivity contribution in [3.63, 3.8) is 0 Å². The van der Waals surface area contributed by atoms with Crippen LogP contribution in [0.5, 0.6) is 0 Å². The lowest BCUT2D eigenvalue weighted by Gasteiger charge is -2.10. The molecule has 0 saturated heterocycles. The lowest BCUT2D eigenvalue weighted by molar-refractivity contribution is -0.150. The molecule has 0 unspecified atom stereocenters. The molecule has 0 aliphatic rings. The van der Waals surface area contributed by atoms with Gasteiger partial charge >= 0.3 is 11.9 Å². The van der Waals surface area contributed by atoms with Gasteiger partial charge < -0.3 is 24.7 Å². The summed E-state index contributed by atoms with van der Waals surface area (Å²) < 4.78 is 22.3. The molecule has 2 rings (SSSR count). The van der Waals surface area contributed by atoms with Crippen LogP contribution in [-0.2, 0) is 42.0 Å². The second-order valence-electron chi connectivity index (χ2n) is 5.15. The van der Waals surface area contributed by atoms with Crippen LogP contribution in [0.1, 0.15) is 13.8 Å². The van der Waals surface area contributed by atoms with E-state index in [9.17, 15) is 14.4 Å². The van der Waals surface area contributed by atoms with Gasteiger partial charge in [0, 0.05) is 0 Å². The van der Waals surface area contributed by atoms with Crippen molar-refractivity contribution in [1.29, 1.82) is 0 Å². The largest absolute Gasteiger partial charge is 0.464 e. The molecule has 148 valence electrons. The molecule has 2 aromatic rings. The third-order valence-electron chi connectivity index (χ3n) is 3.26. The second-order valence-corrected chi connectivity index (χ2v) is 5.15. The summed E-state index contributed by atoms with van der Waals surface area (Å²) in [5, 5.41) is 0. The average molecular weight is 383 g/mol. The van der Waals surface area contributed by atoms with Gasteiger partial charge in [0.15, 0.2) is 11.2 Å². The molecule has 2 heterocycles. The maximum Gasteiger partial charge on any atom is 0.332 e. The minimum absolute atomic E-state index is 0.0451. The van der Waals surface area contributed by atoms with E-state index in [1.54, 1.807) is 13.8 Å². The summed E-state index contributed by atoms with van der Waals surface area (Å²) >= 11 is 0. The van der Waals surface area contributed by atoms with Crippen LogP contribution in [0.15, 0.2) is 11.1 Å². The SMILES string of the molecule is CCOC(=O)COCn1c(N)nc2c(ncn2COCC(=O)OCC)c1=O. The molecule has 0 aromatic carbocycles. The maximum atomic E-state index is 12.5. The van der Waals surface area contributed by atoms with Crippen molar-refractivity contribution in [2.75, 3.05) is 32.2 Å². The molecular weight excluding hydrogens is 362 g/mol. The van der Waals surface area contributed by atoms with Crippen molar-refractivity contribution in [3.05, 3.63) is 16.7 Å². The zero-order valence-electron chi connectivity index (χ0n) is 15.0. The molecule has 2 N–H and O–H groups in total. The van der Waals surface area contributed by atoms with Crippen molar-refractivity contribution in [1.82, 2.24) is 19.1 Å². The zero-order valence-corrected chi connectivity index (χ0v) is 15.0. The van der Waals surface area contributed by atoms with E-state index in [1.165, 1.54) is 10.9 Å². The van der Waals surface area contributed by atoms with Gasteiger partial charge in [0.1, 0.15) is 26.7 Å². The quantitative estimate of drug-likeness (QED) is 0.519. The smallest absolute Gasteiger partial charge is 0.332 e. The molecule has 12 nitrogen and oxygen atoms in total. The highest BCUT2D eigenvalue weighted by Gasteiger charge is 2.15. The minimum Gasteiger partial charge on any atom is -0.464 e. The van der Waals surface area contributed by atoms with Gasteiger partial charge in [0.05, 0.1) is 19.5 Å². The Morgan fingerprint density at radius 2 is 1.67 bits per heavy atom. The number of rotatable bonds is 10. The van der Waals surface area contributed by atoms with Crippen LogP contribution in [0.4, 0.5) is 5.95 Å². The van der Waals surface area contributed by atoms with Gasteiger partial charge in [-0.15, -0.1) is 0 Å². The lowest BCUT2D eigenvalue weighted by Crippen LogP contribution is -2.27. The minimum atomic E-state index is -0.554. The van der Waals surface area contributed by atoms with Gasteiger partial charge in [0.2, 0.25) is 5.95 Å². The van der Waals surface area contributed by atoms with Crippen molar-refractivity contribution in [3.8, 4) is 0 Å². The molecule has 2 aromatic heterocycles. The molecule has 12 heteroatoms. The molecule has 0 saturated carbocycles.